The molecule has 1 aliphatic heterocycles. The van der Waals surface area contributed by atoms with Crippen LogP contribution >= 0.6 is 0 Å². The molecule has 2 aliphatic rings. The number of nitrogens with one attached hydrogen (secondary N) is 1. The lowest BCUT2D eigenvalue weighted by Crippen LogP contribution is -2.49. The van der Waals surface area contributed by atoms with Gasteiger partial charge in [0.15, 0.2) is 0 Å². The zero-order valence-corrected chi connectivity index (χ0v) is 12.0. The highest BCUT2D eigenvalue weighted by Crippen LogP contribution is 2.37. The number of rotatable bonds is 4. The Morgan fingerprint density at radius 1 is 1.44 bits per heavy atom. The number of hydrogen-bond acceptors (Lipinski definition) is 3. The van der Waals surface area contributed by atoms with Crippen LogP contribution in [0.15, 0.2) is 0 Å². The summed E-state index contributed by atoms with van der Waals surface area (Å²) in [6.07, 6.45) is 4.43. The minimum atomic E-state index is -0.264. The minimum Gasteiger partial charge on any atom is -0.383 e. The fourth-order valence-electron chi connectivity index (χ4n) is 3.49. The van der Waals surface area contributed by atoms with E-state index >= 15 is 0 Å². The summed E-state index contributed by atoms with van der Waals surface area (Å²) in [6.45, 7) is 7.02. The van der Waals surface area contributed by atoms with Crippen LogP contribution in [0.4, 0.5) is 0 Å². The van der Waals surface area contributed by atoms with Crippen LogP contribution in [0.1, 0.15) is 46.5 Å². The van der Waals surface area contributed by atoms with E-state index in [2.05, 4.69) is 26.1 Å². The first-order valence-corrected chi connectivity index (χ1v) is 7.11. The highest BCUT2D eigenvalue weighted by Gasteiger charge is 2.52. The van der Waals surface area contributed by atoms with Gasteiger partial charge in [0.1, 0.15) is 0 Å². The van der Waals surface area contributed by atoms with Crippen LogP contribution in [-0.2, 0) is 9.53 Å². The SMILES string of the molecule is COCC(C(C)C)N1C(=O)C2(CCCC2)NC1C. The Morgan fingerprint density at radius 3 is 2.56 bits per heavy atom. The van der Waals surface area contributed by atoms with E-state index in [0.29, 0.717) is 18.4 Å². The highest BCUT2D eigenvalue weighted by molar-refractivity contribution is 5.89. The van der Waals surface area contributed by atoms with Crippen molar-refractivity contribution in [1.29, 1.82) is 0 Å². The summed E-state index contributed by atoms with van der Waals surface area (Å²) in [4.78, 5) is 14.8. The van der Waals surface area contributed by atoms with E-state index in [1.54, 1.807) is 7.11 Å². The lowest BCUT2D eigenvalue weighted by molar-refractivity contribution is -0.137. The van der Waals surface area contributed by atoms with Gasteiger partial charge < -0.3 is 9.64 Å². The van der Waals surface area contributed by atoms with Gasteiger partial charge in [-0.15, -0.1) is 0 Å². The van der Waals surface area contributed by atoms with Gasteiger partial charge in [0.25, 0.3) is 0 Å². The fourth-order valence-corrected chi connectivity index (χ4v) is 3.49. The first-order chi connectivity index (χ1) is 8.52. The maximum Gasteiger partial charge on any atom is 0.244 e. The van der Waals surface area contributed by atoms with Gasteiger partial charge >= 0.3 is 0 Å². The Bertz CT molecular complexity index is 311. The Hall–Kier alpha value is -0.610. The molecule has 4 nitrogen and oxygen atoms in total. The van der Waals surface area contributed by atoms with E-state index < -0.39 is 0 Å². The van der Waals surface area contributed by atoms with Crippen molar-refractivity contribution in [3.63, 3.8) is 0 Å². The van der Waals surface area contributed by atoms with E-state index in [1.807, 2.05) is 4.90 Å². The van der Waals surface area contributed by atoms with Crippen LogP contribution in [0.3, 0.4) is 0 Å². The Kier molecular flexibility index (Phi) is 3.97. The molecule has 2 rings (SSSR count). The third kappa shape index (κ3) is 2.16. The second-order valence-corrected chi connectivity index (χ2v) is 6.09. The molecule has 0 aromatic rings. The third-order valence-corrected chi connectivity index (χ3v) is 4.47. The van der Waals surface area contributed by atoms with Gasteiger partial charge in [-0.3, -0.25) is 10.1 Å². The van der Waals surface area contributed by atoms with E-state index in [9.17, 15) is 4.79 Å². The predicted octanol–water partition coefficient (Wildman–Crippen LogP) is 1.75. The quantitative estimate of drug-likeness (QED) is 0.831. The lowest BCUT2D eigenvalue weighted by Gasteiger charge is -2.33. The molecule has 104 valence electrons. The molecule has 0 bridgehead atoms. The molecule has 1 amide bonds. The second-order valence-electron chi connectivity index (χ2n) is 6.09. The minimum absolute atomic E-state index is 0.123. The smallest absolute Gasteiger partial charge is 0.244 e. The maximum atomic E-state index is 12.8. The van der Waals surface area contributed by atoms with Gasteiger partial charge in [-0.1, -0.05) is 26.7 Å². The average molecular weight is 254 g/mol. The maximum absolute atomic E-state index is 12.8. The highest BCUT2D eigenvalue weighted by atomic mass is 16.5. The van der Waals surface area contributed by atoms with Crippen molar-refractivity contribution < 1.29 is 9.53 Å². The molecule has 1 saturated carbocycles. The topological polar surface area (TPSA) is 41.6 Å². The zero-order valence-electron chi connectivity index (χ0n) is 12.0. The largest absolute Gasteiger partial charge is 0.383 e. The van der Waals surface area contributed by atoms with E-state index in [1.165, 1.54) is 0 Å². The molecule has 0 aromatic heterocycles. The Balaban J connectivity index is 2.19. The van der Waals surface area contributed by atoms with Crippen LogP contribution in [0, 0.1) is 5.92 Å². The van der Waals surface area contributed by atoms with E-state index in [0.717, 1.165) is 25.7 Å². The Labute approximate surface area is 110 Å². The van der Waals surface area contributed by atoms with Gasteiger partial charge in [0.05, 0.1) is 24.4 Å². The van der Waals surface area contributed by atoms with Gasteiger partial charge in [-0.05, 0) is 25.7 Å². The van der Waals surface area contributed by atoms with E-state index in [-0.39, 0.29) is 17.7 Å². The summed E-state index contributed by atoms with van der Waals surface area (Å²) in [7, 11) is 1.71. The van der Waals surface area contributed by atoms with Gasteiger partial charge in [0.2, 0.25) is 5.91 Å². The summed E-state index contributed by atoms with van der Waals surface area (Å²) in [5.41, 5.74) is -0.264. The summed E-state index contributed by atoms with van der Waals surface area (Å²) in [5.74, 6) is 0.706. The molecule has 2 atom stereocenters. The average Bonchev–Trinajstić information content (AvgIpc) is 2.85. The van der Waals surface area contributed by atoms with Gasteiger partial charge in [0, 0.05) is 7.11 Å². The molecule has 0 radical (unpaired) electrons. The Morgan fingerprint density at radius 2 is 2.06 bits per heavy atom. The van der Waals surface area contributed by atoms with Crippen molar-refractivity contribution in [3.05, 3.63) is 0 Å². The summed E-state index contributed by atoms with van der Waals surface area (Å²) in [6, 6.07) is 0.171. The molecule has 2 fully saturated rings. The first kappa shape index (κ1) is 13.8. The number of ether oxygens (including phenoxy) is 1. The molecule has 1 N–H and O–H groups in total. The van der Waals surface area contributed by atoms with Crippen molar-refractivity contribution >= 4 is 5.91 Å². The van der Waals surface area contributed by atoms with Crippen LogP contribution in [0.25, 0.3) is 0 Å². The van der Waals surface area contributed by atoms with Gasteiger partial charge in [-0.2, -0.15) is 0 Å². The predicted molar refractivity (Wildman–Crippen MR) is 71.1 cm³/mol. The van der Waals surface area contributed by atoms with Crippen molar-refractivity contribution in [2.24, 2.45) is 5.92 Å². The van der Waals surface area contributed by atoms with Gasteiger partial charge in [-0.25, -0.2) is 0 Å². The number of nitrogens with zero attached hydrogens (tertiary/aromatic N) is 1. The zero-order chi connectivity index (χ0) is 13.3. The molecule has 18 heavy (non-hydrogen) atoms. The molecule has 2 unspecified atom stereocenters. The summed E-state index contributed by atoms with van der Waals surface area (Å²) < 4.78 is 5.30. The molecule has 1 saturated heterocycles. The van der Waals surface area contributed by atoms with Crippen LogP contribution in [0.2, 0.25) is 0 Å². The second kappa shape index (κ2) is 5.17. The molecule has 1 heterocycles. The number of carbonyl (C=O) groups is 1. The normalized spacial score (nSPS) is 28.6. The summed E-state index contributed by atoms with van der Waals surface area (Å²) in [5, 5.41) is 3.54. The number of amides is 1. The molecule has 1 spiro atoms. The monoisotopic (exact) mass is 254 g/mol. The molecular formula is C14H26N2O2. The lowest BCUT2D eigenvalue weighted by atomic mass is 9.96. The number of carbonyl (C=O) groups excluding carboxylic acids is 1. The van der Waals surface area contributed by atoms with E-state index in [4.69, 9.17) is 4.74 Å². The molecule has 4 heteroatoms. The van der Waals surface area contributed by atoms with Crippen LogP contribution < -0.4 is 5.32 Å². The molecular weight excluding hydrogens is 228 g/mol. The standard InChI is InChI=1S/C14H26N2O2/c1-10(2)12(9-18-4)16-11(3)15-14(13(16)17)7-5-6-8-14/h10-12,15H,5-9H2,1-4H3. The molecule has 1 aliphatic carbocycles. The first-order valence-electron chi connectivity index (χ1n) is 7.11. The molecule has 0 aromatic carbocycles. The van der Waals surface area contributed by atoms with Crippen LogP contribution in [0.5, 0.6) is 0 Å². The third-order valence-electron chi connectivity index (χ3n) is 4.47. The number of methoxy groups -OCH3 is 1. The van der Waals surface area contributed by atoms with Crippen LogP contribution in [-0.4, -0.2) is 42.3 Å². The van der Waals surface area contributed by atoms with Crippen molar-refractivity contribution in [2.75, 3.05) is 13.7 Å². The van der Waals surface area contributed by atoms with Crippen molar-refractivity contribution in [3.8, 4) is 0 Å². The number of hydrogen-bond donors (Lipinski definition) is 1. The van der Waals surface area contributed by atoms with Crippen molar-refractivity contribution in [1.82, 2.24) is 10.2 Å². The fraction of sp³-hybridized carbons (Fsp3) is 0.929. The van der Waals surface area contributed by atoms with Crippen molar-refractivity contribution in [2.45, 2.75) is 64.2 Å². The summed E-state index contributed by atoms with van der Waals surface area (Å²) >= 11 is 0.